The molecule has 0 aliphatic heterocycles. The third kappa shape index (κ3) is 16.6. The van der Waals surface area contributed by atoms with Crippen LogP contribution >= 0.6 is 0 Å². The SMILES string of the molecule is CCCC(C)CC1([15N+](C)(C)NN)CCCCC1.CCCC(C)CC1([15N](C)C)CCCCC1.[Cl-].[Cl-].[Cl-].[Cl-].[Cu+2].[Cu+2]. The first-order chi connectivity index (χ1) is 15.1. The van der Waals surface area contributed by atoms with E-state index in [0.717, 1.165) is 16.4 Å². The third-order valence-electron chi connectivity index (χ3n) is 9.05. The molecule has 2 aliphatic carbocycles. The maximum absolute atomic E-state index is 5.79. The van der Waals surface area contributed by atoms with Crippen LogP contribution in [0.3, 0.4) is 0 Å². The fraction of sp³-hybridized carbons (Fsp3) is 1.00. The number of nitrogens with two attached hydrogens (primary N) is 1. The minimum Gasteiger partial charge on any atom is -1.00 e. The largest absolute Gasteiger partial charge is 2.00 e. The van der Waals surface area contributed by atoms with Gasteiger partial charge in [-0.25, -0.2) is 10.4 Å². The monoisotopic (exact) mass is 721 g/mol. The second-order valence-corrected chi connectivity index (χ2v) is 12.2. The second kappa shape index (κ2) is 26.7. The minimum absolute atomic E-state index is 0. The van der Waals surface area contributed by atoms with E-state index < -0.39 is 0 Å². The smallest absolute Gasteiger partial charge is 1.00 e. The molecule has 2 unspecified atom stereocenters. The Morgan fingerprint density at radius 2 is 1.08 bits per heavy atom. The summed E-state index contributed by atoms with van der Waals surface area (Å²) in [6.07, 6.45) is 22.0. The Bertz CT molecular complexity index is 505. The molecule has 242 valence electrons. The topological polar surface area (TPSA) is 41.3 Å². The summed E-state index contributed by atoms with van der Waals surface area (Å²) >= 11 is 0. The van der Waals surface area contributed by atoms with Crippen LogP contribution in [-0.4, -0.2) is 48.8 Å². The zero-order valence-corrected chi connectivity index (χ0v) is 30.5. The van der Waals surface area contributed by atoms with Gasteiger partial charge in [0, 0.05) is 24.8 Å². The molecule has 2 atom stereocenters. The van der Waals surface area contributed by atoms with Crippen molar-refractivity contribution in [3.63, 3.8) is 0 Å². The van der Waals surface area contributed by atoms with E-state index in [0.29, 0.717) is 11.1 Å². The summed E-state index contributed by atoms with van der Waals surface area (Å²) in [4.78, 5) is 2.51. The van der Waals surface area contributed by atoms with Crippen molar-refractivity contribution in [1.82, 2.24) is 10.4 Å². The van der Waals surface area contributed by atoms with E-state index in [2.05, 4.69) is 66.3 Å². The van der Waals surface area contributed by atoms with Crippen LogP contribution < -0.4 is 61.0 Å². The summed E-state index contributed by atoms with van der Waals surface area (Å²) in [5.74, 6) is 7.50. The Morgan fingerprint density at radius 1 is 0.711 bits per heavy atom. The van der Waals surface area contributed by atoms with Gasteiger partial charge in [0.15, 0.2) is 0 Å². The Morgan fingerprint density at radius 3 is 1.42 bits per heavy atom. The summed E-state index contributed by atoms with van der Waals surface area (Å²) in [5.41, 5.74) is 3.92. The summed E-state index contributed by atoms with van der Waals surface area (Å²) in [7, 11) is 9.02. The molecular weight excluding hydrogens is 663 g/mol. The van der Waals surface area contributed by atoms with Crippen LogP contribution in [0.5, 0.6) is 0 Å². The molecule has 4 nitrogen and oxygen atoms in total. The predicted octanol–water partition coefficient (Wildman–Crippen LogP) is -4.94. The first-order valence-electron chi connectivity index (χ1n) is 14.1. The van der Waals surface area contributed by atoms with Gasteiger partial charge in [-0.3, -0.25) is 0 Å². The van der Waals surface area contributed by atoms with Crippen molar-refractivity contribution in [3.05, 3.63) is 0 Å². The van der Waals surface area contributed by atoms with Crippen molar-refractivity contribution < 1.29 is 88.4 Å². The van der Waals surface area contributed by atoms with Gasteiger partial charge in [0.25, 0.3) is 0 Å². The van der Waals surface area contributed by atoms with Gasteiger partial charge < -0.3 is 54.5 Å². The summed E-state index contributed by atoms with van der Waals surface area (Å²) in [6.45, 7) is 9.42. The second-order valence-electron chi connectivity index (χ2n) is 12.2. The Balaban J connectivity index is -0.000000117. The van der Waals surface area contributed by atoms with Gasteiger partial charge in [0.1, 0.15) is 5.54 Å². The van der Waals surface area contributed by atoms with E-state index in [4.69, 9.17) is 5.84 Å². The van der Waals surface area contributed by atoms with Crippen molar-refractivity contribution in [2.45, 2.75) is 142 Å². The Labute approximate surface area is 284 Å². The Hall–Kier alpha value is 2.04. The van der Waals surface area contributed by atoms with Crippen molar-refractivity contribution in [1.29, 1.82) is 0 Å². The van der Waals surface area contributed by atoms with Crippen LogP contribution in [0.1, 0.15) is 130 Å². The molecule has 3 N–H and O–H groups in total. The number of hydrazine groups is 1. The molecule has 38 heavy (non-hydrogen) atoms. The van der Waals surface area contributed by atoms with Gasteiger partial charge in [-0.15, -0.1) is 5.53 Å². The van der Waals surface area contributed by atoms with E-state index >= 15 is 0 Å². The van der Waals surface area contributed by atoms with Gasteiger partial charge in [-0.05, 0) is 58.0 Å². The maximum Gasteiger partial charge on any atom is 2.00 e. The van der Waals surface area contributed by atoms with Crippen molar-refractivity contribution >= 4 is 0 Å². The van der Waals surface area contributed by atoms with Gasteiger partial charge in [0.2, 0.25) is 0 Å². The molecule has 0 aromatic heterocycles. The van der Waals surface area contributed by atoms with Crippen LogP contribution in [0.25, 0.3) is 0 Å². The normalized spacial score (nSPS) is 19.1. The molecule has 10 heteroatoms. The zero-order valence-electron chi connectivity index (χ0n) is 25.6. The number of hydrogen-bond acceptors (Lipinski definition) is 3. The van der Waals surface area contributed by atoms with E-state index in [1.165, 1.54) is 103 Å². The standard InChI is InChI=1S/C14H32N3.C14H29N.4ClH.2Cu/c1-5-9-13(2)12-14(17(3,4)16-15)10-7-6-8-11-14;1-5-9-13(2)12-14(15(3)4)10-7-6-8-11-14;;;;;;/h13,16H,5-12,15H2,1-4H3;13H,5-12H2,1-4H3;4*1H;;/q+1;;;;;;2*+2/p-4/i17+1;15+1;;;;;;. The van der Waals surface area contributed by atoms with Crippen LogP contribution in [0.15, 0.2) is 0 Å². The number of hydrogen-bond donors (Lipinski definition) is 2. The van der Waals surface area contributed by atoms with Crippen molar-refractivity contribution in [2.24, 2.45) is 17.7 Å². The van der Waals surface area contributed by atoms with Gasteiger partial charge in [-0.2, -0.15) is 0 Å². The summed E-state index contributed by atoms with van der Waals surface area (Å²) in [5, 5.41) is 0. The average molecular weight is 725 g/mol. The molecule has 2 fully saturated rings. The van der Waals surface area contributed by atoms with Gasteiger partial charge >= 0.3 is 34.1 Å². The quantitative estimate of drug-likeness (QED) is 0.0739. The first kappa shape index (κ1) is 52.7. The van der Waals surface area contributed by atoms with E-state index in [1.54, 1.807) is 0 Å². The van der Waals surface area contributed by atoms with E-state index in [9.17, 15) is 0 Å². The average Bonchev–Trinajstić information content (AvgIpc) is 2.75. The van der Waals surface area contributed by atoms with E-state index in [1.807, 2.05) is 0 Å². The third-order valence-corrected chi connectivity index (χ3v) is 9.05. The maximum atomic E-state index is 5.79. The molecule has 0 bridgehead atoms. The molecule has 2 aliphatic rings. The number of halogens is 4. The van der Waals surface area contributed by atoms with Crippen LogP contribution in [0.4, 0.5) is 0 Å². The van der Waals surface area contributed by atoms with Crippen LogP contribution in [0, 0.1) is 11.8 Å². The Kier molecular flexibility index (Phi) is 36.9. The zero-order chi connectivity index (χ0) is 24.3. The molecule has 0 spiro atoms. The van der Waals surface area contributed by atoms with Crippen molar-refractivity contribution in [2.75, 3.05) is 28.2 Å². The molecule has 0 heterocycles. The number of rotatable bonds is 11. The van der Waals surface area contributed by atoms with Gasteiger partial charge in [0.05, 0.1) is 14.1 Å². The fourth-order valence-corrected chi connectivity index (χ4v) is 6.87. The van der Waals surface area contributed by atoms with Crippen LogP contribution in [-0.2, 0) is 34.1 Å². The minimum atomic E-state index is 0. The predicted molar refractivity (Wildman–Crippen MR) is 142 cm³/mol. The van der Waals surface area contributed by atoms with Gasteiger partial charge in [-0.1, -0.05) is 79.1 Å². The molecule has 2 radical (unpaired) electrons. The molecule has 0 aromatic carbocycles. The van der Waals surface area contributed by atoms with Crippen molar-refractivity contribution in [3.8, 4) is 0 Å². The molecule has 2 rings (SSSR count). The number of nitrogens with zero attached hydrogens (tertiary/aromatic N) is 2. The fourth-order valence-electron chi connectivity index (χ4n) is 6.87. The number of nitrogens with one attached hydrogen (secondary N) is 1. The molecule has 0 amide bonds. The molecule has 0 saturated heterocycles. The van der Waals surface area contributed by atoms with E-state index in [-0.39, 0.29) is 83.8 Å². The summed E-state index contributed by atoms with van der Waals surface area (Å²) < 4.78 is 0.765. The molecule has 2 saturated carbocycles. The summed E-state index contributed by atoms with van der Waals surface area (Å²) in [6, 6.07) is 0. The first-order valence-corrected chi connectivity index (χ1v) is 14.1. The molecular formula is C28H61Cl4Cu2N4+. The molecule has 0 aromatic rings. The number of quaternary nitrogens is 1. The van der Waals surface area contributed by atoms with Crippen LogP contribution in [0.2, 0.25) is 0 Å².